The minimum absolute atomic E-state index is 0.0843. The summed E-state index contributed by atoms with van der Waals surface area (Å²) in [5.74, 6) is 1.09. The molecule has 162 valence electrons. The molecule has 1 amide bonds. The smallest absolute Gasteiger partial charge is 0.346 e. The van der Waals surface area contributed by atoms with E-state index < -0.39 is 0 Å². The third-order valence-electron chi connectivity index (χ3n) is 5.55. The molecule has 1 aliphatic carbocycles. The number of fused-ring (bicyclic) bond motifs is 1. The fourth-order valence-electron chi connectivity index (χ4n) is 3.77. The maximum absolute atomic E-state index is 12.9. The monoisotopic (exact) mass is 428 g/mol. The van der Waals surface area contributed by atoms with E-state index in [9.17, 15) is 9.59 Å². The van der Waals surface area contributed by atoms with Crippen LogP contribution in [0.25, 0.3) is 22.2 Å². The molecule has 0 saturated heterocycles. The zero-order chi connectivity index (χ0) is 21.9. The molecule has 7 heteroatoms. The van der Waals surface area contributed by atoms with Crippen LogP contribution in [0.15, 0.2) is 77.6 Å². The Morgan fingerprint density at radius 3 is 2.53 bits per heavy atom. The van der Waals surface area contributed by atoms with Gasteiger partial charge in [0.25, 0.3) is 5.91 Å². The van der Waals surface area contributed by atoms with Gasteiger partial charge in [0.05, 0.1) is 6.54 Å². The maximum atomic E-state index is 12.9. The Bertz CT molecular complexity index is 1310. The van der Waals surface area contributed by atoms with E-state index in [2.05, 4.69) is 10.4 Å². The second-order valence-electron chi connectivity index (χ2n) is 7.94. The van der Waals surface area contributed by atoms with Gasteiger partial charge in [-0.25, -0.2) is 9.48 Å². The molecule has 7 nitrogen and oxygen atoms in total. The van der Waals surface area contributed by atoms with Gasteiger partial charge in [-0.05, 0) is 35.7 Å². The standard InChI is InChI=1S/C25H24N4O3/c30-23(17-32-22-13-10-18-6-4-5-9-20(18)16-22)26-14-15-28-25(31)29(21-11-12-21)24(27-28)19-7-2-1-3-8-19/h1-10,13,16,21H,11-12,14-15,17H2,(H,26,30). The summed E-state index contributed by atoms with van der Waals surface area (Å²) in [4.78, 5) is 25.1. The van der Waals surface area contributed by atoms with Crippen molar-refractivity contribution in [1.29, 1.82) is 0 Å². The summed E-state index contributed by atoms with van der Waals surface area (Å²) in [6, 6.07) is 23.7. The molecular formula is C25H24N4O3. The number of ether oxygens (including phenoxy) is 1. The number of hydrogen-bond acceptors (Lipinski definition) is 4. The van der Waals surface area contributed by atoms with Gasteiger partial charge in [-0.15, -0.1) is 5.10 Å². The van der Waals surface area contributed by atoms with Crippen LogP contribution in [-0.2, 0) is 11.3 Å². The van der Waals surface area contributed by atoms with Crippen LogP contribution in [0.3, 0.4) is 0 Å². The topological polar surface area (TPSA) is 78.2 Å². The third kappa shape index (κ3) is 4.27. The van der Waals surface area contributed by atoms with Gasteiger partial charge in [0.2, 0.25) is 0 Å². The van der Waals surface area contributed by atoms with Crippen molar-refractivity contribution in [3.8, 4) is 17.1 Å². The molecule has 0 atom stereocenters. The van der Waals surface area contributed by atoms with E-state index in [0.29, 0.717) is 24.7 Å². The number of nitrogens with one attached hydrogen (secondary N) is 1. The lowest BCUT2D eigenvalue weighted by atomic mass is 10.1. The lowest BCUT2D eigenvalue weighted by Gasteiger charge is -2.08. The number of aromatic nitrogens is 3. The average molecular weight is 428 g/mol. The Morgan fingerprint density at radius 1 is 1.00 bits per heavy atom. The van der Waals surface area contributed by atoms with Crippen LogP contribution in [0.5, 0.6) is 5.75 Å². The number of hydrogen-bond donors (Lipinski definition) is 1. The van der Waals surface area contributed by atoms with Gasteiger partial charge in [0, 0.05) is 18.2 Å². The number of amides is 1. The quantitative estimate of drug-likeness (QED) is 0.467. The largest absolute Gasteiger partial charge is 0.484 e. The van der Waals surface area contributed by atoms with E-state index in [0.717, 1.165) is 29.2 Å². The number of nitrogens with zero attached hydrogens (tertiary/aromatic N) is 3. The summed E-state index contributed by atoms with van der Waals surface area (Å²) in [6.07, 6.45) is 1.99. The van der Waals surface area contributed by atoms with E-state index in [-0.39, 0.29) is 24.2 Å². The number of rotatable bonds is 8. The van der Waals surface area contributed by atoms with Crippen molar-refractivity contribution in [2.45, 2.75) is 25.4 Å². The highest BCUT2D eigenvalue weighted by atomic mass is 16.5. The van der Waals surface area contributed by atoms with Gasteiger partial charge in [0.15, 0.2) is 12.4 Å². The normalized spacial score (nSPS) is 13.2. The minimum atomic E-state index is -0.240. The summed E-state index contributed by atoms with van der Waals surface area (Å²) in [5, 5.41) is 9.53. The Kier molecular flexibility index (Phi) is 5.46. The molecule has 0 radical (unpaired) electrons. The van der Waals surface area contributed by atoms with E-state index in [1.165, 1.54) is 4.68 Å². The molecule has 32 heavy (non-hydrogen) atoms. The van der Waals surface area contributed by atoms with Crippen LogP contribution < -0.4 is 15.7 Å². The van der Waals surface area contributed by atoms with Crippen LogP contribution in [0, 0.1) is 0 Å². The molecule has 1 heterocycles. The third-order valence-corrected chi connectivity index (χ3v) is 5.55. The molecule has 4 aromatic rings. The second-order valence-corrected chi connectivity index (χ2v) is 7.94. The molecule has 1 N–H and O–H groups in total. The Hall–Kier alpha value is -3.87. The molecule has 5 rings (SSSR count). The first-order chi connectivity index (χ1) is 15.7. The van der Waals surface area contributed by atoms with Crippen LogP contribution in [0.2, 0.25) is 0 Å². The second kappa shape index (κ2) is 8.70. The fourth-order valence-corrected chi connectivity index (χ4v) is 3.77. The summed E-state index contributed by atoms with van der Waals surface area (Å²) < 4.78 is 8.84. The van der Waals surface area contributed by atoms with Crippen molar-refractivity contribution in [2.75, 3.05) is 13.2 Å². The maximum Gasteiger partial charge on any atom is 0.346 e. The predicted molar refractivity (Wildman–Crippen MR) is 123 cm³/mol. The minimum Gasteiger partial charge on any atom is -0.484 e. The molecule has 0 spiro atoms. The molecule has 1 aromatic heterocycles. The fraction of sp³-hybridized carbons (Fsp3) is 0.240. The Balaban J connectivity index is 1.19. The first kappa shape index (κ1) is 20.1. The lowest BCUT2D eigenvalue weighted by Crippen LogP contribution is -2.34. The molecule has 3 aromatic carbocycles. The molecule has 0 bridgehead atoms. The lowest BCUT2D eigenvalue weighted by molar-refractivity contribution is -0.123. The average Bonchev–Trinajstić information content (AvgIpc) is 3.61. The first-order valence-corrected chi connectivity index (χ1v) is 10.8. The highest BCUT2D eigenvalue weighted by Crippen LogP contribution is 2.36. The van der Waals surface area contributed by atoms with E-state index in [1.54, 1.807) is 4.57 Å². The van der Waals surface area contributed by atoms with Gasteiger partial charge in [-0.2, -0.15) is 0 Å². The van der Waals surface area contributed by atoms with Crippen molar-refractivity contribution in [1.82, 2.24) is 19.7 Å². The van der Waals surface area contributed by atoms with Gasteiger partial charge in [0.1, 0.15) is 5.75 Å². The van der Waals surface area contributed by atoms with Crippen molar-refractivity contribution < 1.29 is 9.53 Å². The number of benzene rings is 3. The summed E-state index contributed by atoms with van der Waals surface area (Å²) in [7, 11) is 0. The predicted octanol–water partition coefficient (Wildman–Crippen LogP) is 3.40. The molecular weight excluding hydrogens is 404 g/mol. The zero-order valence-electron chi connectivity index (χ0n) is 17.6. The molecule has 1 fully saturated rings. The van der Waals surface area contributed by atoms with E-state index in [4.69, 9.17) is 4.74 Å². The van der Waals surface area contributed by atoms with Crippen molar-refractivity contribution >= 4 is 16.7 Å². The van der Waals surface area contributed by atoms with Gasteiger partial charge in [-0.1, -0.05) is 60.7 Å². The van der Waals surface area contributed by atoms with Crippen LogP contribution in [-0.4, -0.2) is 33.4 Å². The van der Waals surface area contributed by atoms with Gasteiger partial charge >= 0.3 is 5.69 Å². The molecule has 1 aliphatic rings. The highest BCUT2D eigenvalue weighted by Gasteiger charge is 2.30. The number of carbonyl (C=O) groups is 1. The summed E-state index contributed by atoms with van der Waals surface area (Å²) >= 11 is 0. The number of carbonyl (C=O) groups excluding carboxylic acids is 1. The van der Waals surface area contributed by atoms with Crippen LogP contribution >= 0.6 is 0 Å². The van der Waals surface area contributed by atoms with Crippen molar-refractivity contribution in [3.05, 3.63) is 83.3 Å². The van der Waals surface area contributed by atoms with Crippen LogP contribution in [0.1, 0.15) is 18.9 Å². The zero-order valence-corrected chi connectivity index (χ0v) is 17.6. The molecule has 0 aliphatic heterocycles. The Labute approximate surface area is 185 Å². The van der Waals surface area contributed by atoms with Crippen molar-refractivity contribution in [3.63, 3.8) is 0 Å². The molecule has 1 saturated carbocycles. The van der Waals surface area contributed by atoms with E-state index in [1.807, 2.05) is 72.8 Å². The van der Waals surface area contributed by atoms with E-state index >= 15 is 0 Å². The summed E-state index contributed by atoms with van der Waals surface area (Å²) in [5.41, 5.74) is 0.788. The van der Waals surface area contributed by atoms with Gasteiger partial charge in [-0.3, -0.25) is 9.36 Å². The summed E-state index contributed by atoms with van der Waals surface area (Å²) in [6.45, 7) is 0.523. The van der Waals surface area contributed by atoms with Crippen LogP contribution in [0.4, 0.5) is 0 Å². The first-order valence-electron chi connectivity index (χ1n) is 10.8. The SMILES string of the molecule is O=C(COc1ccc2ccccc2c1)NCCn1nc(-c2ccccc2)n(C2CC2)c1=O. The molecule has 0 unspecified atom stereocenters. The highest BCUT2D eigenvalue weighted by molar-refractivity contribution is 5.84. The Morgan fingerprint density at radius 2 is 1.75 bits per heavy atom. The van der Waals surface area contributed by atoms with Gasteiger partial charge < -0.3 is 10.1 Å². The van der Waals surface area contributed by atoms with Crippen molar-refractivity contribution in [2.24, 2.45) is 0 Å².